The van der Waals surface area contributed by atoms with E-state index in [1.54, 1.807) is 45.0 Å². The summed E-state index contributed by atoms with van der Waals surface area (Å²) < 4.78 is 17.5. The summed E-state index contributed by atoms with van der Waals surface area (Å²) in [5.41, 5.74) is 0.921. The summed E-state index contributed by atoms with van der Waals surface area (Å²) in [7, 11) is 1.51. The Morgan fingerprint density at radius 3 is 2.27 bits per heavy atom. The lowest BCUT2D eigenvalue weighted by Crippen LogP contribution is -2.58. The van der Waals surface area contributed by atoms with Crippen LogP contribution in [-0.4, -0.2) is 66.2 Å². The number of esters is 1. The summed E-state index contributed by atoms with van der Waals surface area (Å²) in [5, 5.41) is 18.4. The van der Waals surface area contributed by atoms with Gasteiger partial charge in [-0.25, -0.2) is 4.79 Å². The molecule has 2 aliphatic heterocycles. The molecule has 0 aliphatic carbocycles. The number of methoxy groups -OCH3 is 1. The fourth-order valence-corrected chi connectivity index (χ4v) is 6.35. The van der Waals surface area contributed by atoms with Gasteiger partial charge in [-0.1, -0.05) is 75.7 Å². The first-order valence-corrected chi connectivity index (χ1v) is 17.8. The molecular weight excluding hydrogens is 674 g/mol. The number of rotatable bonds is 8. The Labute approximate surface area is 305 Å². The normalized spacial score (nSPS) is 27.3. The van der Waals surface area contributed by atoms with E-state index in [-0.39, 0.29) is 43.0 Å². The highest BCUT2D eigenvalue weighted by Crippen LogP contribution is 2.45. The van der Waals surface area contributed by atoms with Crippen LogP contribution in [0.1, 0.15) is 84.1 Å². The molecule has 7 atom stereocenters. The van der Waals surface area contributed by atoms with Crippen LogP contribution in [0.5, 0.6) is 5.75 Å². The van der Waals surface area contributed by atoms with E-state index < -0.39 is 53.3 Å². The van der Waals surface area contributed by atoms with Crippen molar-refractivity contribution >= 4 is 35.3 Å². The zero-order valence-electron chi connectivity index (χ0n) is 30.7. The number of carbonyl (C=O) groups is 4. The fourth-order valence-electron chi connectivity index (χ4n) is 6.07. The zero-order valence-corrected chi connectivity index (χ0v) is 31.5. The number of carbonyl (C=O) groups excluding carboxylic acids is 4. The van der Waals surface area contributed by atoms with E-state index in [2.05, 4.69) is 16.0 Å². The quantitative estimate of drug-likeness (QED) is 0.220. The van der Waals surface area contributed by atoms with Crippen LogP contribution in [0.4, 0.5) is 0 Å². The standard InChI is InChI=1S/C39H52ClN3O8/c1-22(33-34(51-33)26-15-12-24(21-44)13-16-26)30-10-9-11-32(45)42-28(19-25-14-17-31(49-8)27(40)18-25)35(46)41-23(2)39(6,7)37(48)43-29(36(47)50-30)20-38(3,4)5/h9,11-18,22-23,28-30,33-34,44H,10,19-21H2,1-8H3,(H,41,46)(H,42,45)(H,43,48)/b11-9+/t22?,23?,28-,29+,30+,33-,34-/m1/s1. The number of amides is 3. The molecule has 2 aliphatic rings. The topological polar surface area (TPSA) is 156 Å². The molecule has 1 saturated heterocycles. The molecule has 2 aromatic rings. The lowest BCUT2D eigenvalue weighted by molar-refractivity contribution is -0.157. The second-order valence-corrected chi connectivity index (χ2v) is 15.8. The number of nitrogens with one attached hydrogen (secondary N) is 3. The third kappa shape index (κ3) is 10.6. The van der Waals surface area contributed by atoms with E-state index >= 15 is 0 Å². The Morgan fingerprint density at radius 1 is 1.00 bits per heavy atom. The minimum atomic E-state index is -1.16. The third-order valence-corrected chi connectivity index (χ3v) is 10.0. The zero-order chi connectivity index (χ0) is 37.7. The van der Waals surface area contributed by atoms with Gasteiger partial charge in [0.05, 0.1) is 30.3 Å². The maximum Gasteiger partial charge on any atom is 0.328 e. The van der Waals surface area contributed by atoms with Crippen LogP contribution >= 0.6 is 11.6 Å². The maximum atomic E-state index is 13.9. The second kappa shape index (κ2) is 16.6. The number of benzene rings is 2. The molecule has 0 radical (unpaired) electrons. The number of halogens is 1. The van der Waals surface area contributed by atoms with Crippen LogP contribution in [0.2, 0.25) is 5.02 Å². The Kier molecular flexibility index (Phi) is 13.0. The average molecular weight is 726 g/mol. The van der Waals surface area contributed by atoms with Gasteiger partial charge >= 0.3 is 5.97 Å². The van der Waals surface area contributed by atoms with Gasteiger partial charge in [0, 0.05) is 24.8 Å². The van der Waals surface area contributed by atoms with E-state index in [9.17, 15) is 24.3 Å². The van der Waals surface area contributed by atoms with Crippen molar-refractivity contribution in [1.29, 1.82) is 0 Å². The average Bonchev–Trinajstić information content (AvgIpc) is 3.87. The highest BCUT2D eigenvalue weighted by molar-refractivity contribution is 6.32. The van der Waals surface area contributed by atoms with Crippen LogP contribution in [0.15, 0.2) is 54.6 Å². The first kappa shape index (κ1) is 39.8. The minimum absolute atomic E-state index is 0.0623. The summed E-state index contributed by atoms with van der Waals surface area (Å²) in [6.07, 6.45) is 2.37. The molecular formula is C39H52ClN3O8. The molecule has 0 spiro atoms. The van der Waals surface area contributed by atoms with Crippen LogP contribution in [0, 0.1) is 16.7 Å². The van der Waals surface area contributed by atoms with Crippen molar-refractivity contribution in [3.8, 4) is 5.75 Å². The minimum Gasteiger partial charge on any atom is -0.495 e. The Bertz CT molecular complexity index is 1600. The molecule has 0 aromatic heterocycles. The van der Waals surface area contributed by atoms with Crippen molar-refractivity contribution in [1.82, 2.24) is 16.0 Å². The van der Waals surface area contributed by atoms with E-state index in [0.29, 0.717) is 22.8 Å². The van der Waals surface area contributed by atoms with Crippen molar-refractivity contribution in [2.24, 2.45) is 16.7 Å². The molecule has 278 valence electrons. The molecule has 3 amide bonds. The Hall–Kier alpha value is -3.93. The highest BCUT2D eigenvalue weighted by Gasteiger charge is 2.48. The van der Waals surface area contributed by atoms with Gasteiger partial charge in [0.15, 0.2) is 0 Å². The van der Waals surface area contributed by atoms with Gasteiger partial charge in [-0.05, 0) is 67.5 Å². The van der Waals surface area contributed by atoms with Crippen LogP contribution in [0.3, 0.4) is 0 Å². The monoisotopic (exact) mass is 725 g/mol. The second-order valence-electron chi connectivity index (χ2n) is 15.4. The molecule has 12 heteroatoms. The molecule has 2 heterocycles. The summed E-state index contributed by atoms with van der Waals surface area (Å²) in [5.74, 6) is -1.82. The smallest absolute Gasteiger partial charge is 0.328 e. The van der Waals surface area contributed by atoms with Crippen molar-refractivity contribution < 1.29 is 38.5 Å². The summed E-state index contributed by atoms with van der Waals surface area (Å²) in [6, 6.07) is 9.97. The molecule has 51 heavy (non-hydrogen) atoms. The molecule has 1 fully saturated rings. The lowest BCUT2D eigenvalue weighted by atomic mass is 9.82. The molecule has 0 bridgehead atoms. The number of hydrogen-bond acceptors (Lipinski definition) is 8. The van der Waals surface area contributed by atoms with Crippen LogP contribution in [-0.2, 0) is 41.7 Å². The molecule has 2 unspecified atom stereocenters. The van der Waals surface area contributed by atoms with Crippen LogP contribution < -0.4 is 20.7 Å². The number of cyclic esters (lactones) is 1. The highest BCUT2D eigenvalue weighted by atomic mass is 35.5. The SMILES string of the molecule is COc1ccc(C[C@H]2NC(=O)/C=C/C[C@@H](C(C)[C@H]3O[C@@H]3c3ccc(CO)cc3)OC(=O)[C@H](CC(C)(C)C)NC(=O)C(C)(C)C(C)NC2=O)cc1Cl. The predicted molar refractivity (Wildman–Crippen MR) is 194 cm³/mol. The first-order chi connectivity index (χ1) is 23.9. The Morgan fingerprint density at radius 2 is 1.67 bits per heavy atom. The summed E-state index contributed by atoms with van der Waals surface area (Å²) >= 11 is 6.36. The van der Waals surface area contributed by atoms with Crippen molar-refractivity contribution in [2.75, 3.05) is 7.11 Å². The molecule has 4 N–H and O–H groups in total. The fraction of sp³-hybridized carbons (Fsp3) is 0.538. The molecule has 0 saturated carbocycles. The summed E-state index contributed by atoms with van der Waals surface area (Å²) in [4.78, 5) is 54.8. The van der Waals surface area contributed by atoms with Crippen LogP contribution in [0.25, 0.3) is 0 Å². The van der Waals surface area contributed by atoms with Gasteiger partial charge in [0.1, 0.15) is 30.0 Å². The van der Waals surface area contributed by atoms with Crippen molar-refractivity contribution in [2.45, 2.75) is 111 Å². The number of aliphatic hydroxyl groups is 1. The van der Waals surface area contributed by atoms with Gasteiger partial charge < -0.3 is 35.3 Å². The molecule has 11 nitrogen and oxygen atoms in total. The largest absolute Gasteiger partial charge is 0.495 e. The first-order valence-electron chi connectivity index (χ1n) is 17.4. The number of epoxide rings is 1. The number of ether oxygens (including phenoxy) is 3. The van der Waals surface area contributed by atoms with Gasteiger partial charge in [0.2, 0.25) is 17.7 Å². The summed E-state index contributed by atoms with van der Waals surface area (Å²) in [6.45, 7) is 12.9. The van der Waals surface area contributed by atoms with Crippen molar-refractivity contribution in [3.63, 3.8) is 0 Å². The molecule has 2 aromatic carbocycles. The van der Waals surface area contributed by atoms with Gasteiger partial charge in [0.25, 0.3) is 0 Å². The Balaban J connectivity index is 1.65. The number of hydrogen-bond donors (Lipinski definition) is 4. The van der Waals surface area contributed by atoms with Gasteiger partial charge in [-0.2, -0.15) is 0 Å². The predicted octanol–water partition coefficient (Wildman–Crippen LogP) is 4.97. The molecule has 4 rings (SSSR count). The van der Waals surface area contributed by atoms with Gasteiger partial charge in [-0.3, -0.25) is 14.4 Å². The lowest BCUT2D eigenvalue weighted by Gasteiger charge is -2.35. The van der Waals surface area contributed by atoms with Crippen molar-refractivity contribution in [3.05, 3.63) is 76.3 Å². The van der Waals surface area contributed by atoms with E-state index in [4.69, 9.17) is 25.8 Å². The van der Waals surface area contributed by atoms with E-state index in [1.165, 1.54) is 13.2 Å². The maximum absolute atomic E-state index is 13.9. The van der Waals surface area contributed by atoms with E-state index in [0.717, 1.165) is 11.1 Å². The third-order valence-electron chi connectivity index (χ3n) is 9.75. The number of aliphatic hydroxyl groups excluding tert-OH is 1. The van der Waals surface area contributed by atoms with E-state index in [1.807, 2.05) is 52.0 Å². The van der Waals surface area contributed by atoms with Gasteiger partial charge in [-0.15, -0.1) is 0 Å².